The van der Waals surface area contributed by atoms with Crippen molar-refractivity contribution in [3.63, 3.8) is 0 Å². The molecule has 6 aromatic rings. The second-order valence-corrected chi connectivity index (χ2v) is 15.6. The third kappa shape index (κ3) is 6.84. The van der Waals surface area contributed by atoms with E-state index in [1.54, 1.807) is 0 Å². The van der Waals surface area contributed by atoms with E-state index < -0.39 is 6.04 Å². The Labute approximate surface area is 325 Å². The van der Waals surface area contributed by atoms with E-state index in [2.05, 4.69) is 73.2 Å². The molecule has 3 aromatic carbocycles. The molecule has 4 heterocycles. The summed E-state index contributed by atoms with van der Waals surface area (Å²) in [6.07, 6.45) is 11.1. The van der Waals surface area contributed by atoms with Crippen LogP contribution in [-0.2, 0) is 37.0 Å². The largest absolute Gasteiger partial charge is 0.333 e. The molecule has 9 rings (SSSR count). The Kier molecular flexibility index (Phi) is 9.53. The van der Waals surface area contributed by atoms with Crippen molar-refractivity contribution in [2.45, 2.75) is 57.3 Å². The number of hydrogen-bond donors (Lipinski definition) is 1. The highest BCUT2D eigenvalue weighted by atomic mass is 35.5. The van der Waals surface area contributed by atoms with Crippen molar-refractivity contribution in [3.05, 3.63) is 176 Å². The number of imidazole rings is 1. The quantitative estimate of drug-likeness (QED) is 0.186. The van der Waals surface area contributed by atoms with E-state index in [4.69, 9.17) is 33.2 Å². The van der Waals surface area contributed by atoms with Crippen LogP contribution < -0.4 is 5.32 Å². The summed E-state index contributed by atoms with van der Waals surface area (Å²) >= 11 is 13.2. The van der Waals surface area contributed by atoms with Crippen LogP contribution in [0.1, 0.15) is 68.1 Å². The molecule has 3 unspecified atom stereocenters. The predicted molar refractivity (Wildman–Crippen MR) is 213 cm³/mol. The number of carbonyl (C=O) groups excluding carboxylic acids is 1. The molecule has 1 saturated heterocycles. The molecule has 3 aromatic heterocycles. The summed E-state index contributed by atoms with van der Waals surface area (Å²) in [6, 6.07) is 28.1. The number of carbonyl (C=O) groups is 1. The van der Waals surface area contributed by atoms with Gasteiger partial charge in [0.05, 0.1) is 35.5 Å². The van der Waals surface area contributed by atoms with Crippen LogP contribution in [0.4, 0.5) is 5.69 Å². The summed E-state index contributed by atoms with van der Waals surface area (Å²) in [7, 11) is 0. The first-order chi connectivity index (χ1) is 26.4. The van der Waals surface area contributed by atoms with Crippen LogP contribution in [0.3, 0.4) is 0 Å². The lowest BCUT2D eigenvalue weighted by Crippen LogP contribution is -2.59. The summed E-state index contributed by atoms with van der Waals surface area (Å²) in [5.41, 5.74) is 12.1. The number of hydrogen-bond acceptors (Lipinski definition) is 6. The molecule has 1 aliphatic heterocycles. The summed E-state index contributed by atoms with van der Waals surface area (Å²) in [6.45, 7) is 4.51. The van der Waals surface area contributed by atoms with Gasteiger partial charge in [-0.1, -0.05) is 59.6 Å². The number of benzene rings is 3. The van der Waals surface area contributed by atoms with Crippen LogP contribution in [-0.4, -0.2) is 60.9 Å². The first-order valence-electron chi connectivity index (χ1n) is 18.7. The first kappa shape index (κ1) is 34.9. The molecule has 0 radical (unpaired) electrons. The number of halogens is 2. The molecule has 1 N–H and O–H groups in total. The number of aryl methyl sites for hydroxylation is 5. The monoisotopic (exact) mass is 753 g/mol. The summed E-state index contributed by atoms with van der Waals surface area (Å²) in [4.78, 5) is 34.3. The van der Waals surface area contributed by atoms with Gasteiger partial charge >= 0.3 is 0 Å². The van der Waals surface area contributed by atoms with E-state index in [9.17, 15) is 0 Å². The molecule has 0 spiro atoms. The van der Waals surface area contributed by atoms with Crippen molar-refractivity contribution >= 4 is 34.8 Å². The standard InChI is InChI=1S/C44H41Cl2N7O/c1-28-24-51(27-49-28)25-29-5-2-8-36(21-29)50-44(54)39-26-52(42-37-15-13-34(45)22-32(37)11-9-30-6-3-17-47-40(30)42)19-20-53(39)43-38-16-14-35(46)23-33(38)12-10-31-7-4-18-48-41(31)43/h2-8,13-18,21-24,27,39,42-43H,9-12,19-20,25-26H2,1H3,(H,50,54). The van der Waals surface area contributed by atoms with Gasteiger partial charge in [0.15, 0.2) is 0 Å². The maximum atomic E-state index is 15.0. The van der Waals surface area contributed by atoms with Crippen LogP contribution in [0.2, 0.25) is 10.0 Å². The van der Waals surface area contributed by atoms with Crippen molar-refractivity contribution in [2.75, 3.05) is 25.0 Å². The number of nitrogens with one attached hydrogen (secondary N) is 1. The molecular weight excluding hydrogens is 713 g/mol. The van der Waals surface area contributed by atoms with E-state index in [0.29, 0.717) is 19.6 Å². The molecule has 0 bridgehead atoms. The summed E-state index contributed by atoms with van der Waals surface area (Å²) < 4.78 is 2.06. The number of amides is 1. The average Bonchev–Trinajstić information content (AvgIpc) is 3.42. The number of fused-ring (bicyclic) bond motifs is 4. The fourth-order valence-corrected chi connectivity index (χ4v) is 9.20. The second-order valence-electron chi connectivity index (χ2n) is 14.7. The lowest BCUT2D eigenvalue weighted by molar-refractivity contribution is -0.125. The minimum atomic E-state index is -0.522. The smallest absolute Gasteiger partial charge is 0.243 e. The molecule has 3 atom stereocenters. The predicted octanol–water partition coefficient (Wildman–Crippen LogP) is 8.04. The van der Waals surface area contributed by atoms with Crippen molar-refractivity contribution in [1.82, 2.24) is 29.3 Å². The molecule has 2 aliphatic carbocycles. The summed E-state index contributed by atoms with van der Waals surface area (Å²) in [5, 5.41) is 4.81. The zero-order valence-corrected chi connectivity index (χ0v) is 31.6. The average molecular weight is 755 g/mol. The fraction of sp³-hybridized carbons (Fsp3) is 0.273. The van der Waals surface area contributed by atoms with E-state index >= 15 is 4.79 Å². The molecule has 1 fully saturated rings. The van der Waals surface area contributed by atoms with Gasteiger partial charge < -0.3 is 9.88 Å². The van der Waals surface area contributed by atoms with E-state index in [1.807, 2.05) is 68.2 Å². The minimum Gasteiger partial charge on any atom is -0.333 e. The van der Waals surface area contributed by atoms with E-state index in [1.165, 1.54) is 27.8 Å². The molecule has 54 heavy (non-hydrogen) atoms. The van der Waals surface area contributed by atoms with Crippen molar-refractivity contribution in [1.29, 1.82) is 0 Å². The molecule has 272 valence electrons. The number of rotatable bonds is 6. The number of anilines is 1. The van der Waals surface area contributed by atoms with Gasteiger partial charge in [0.25, 0.3) is 0 Å². The van der Waals surface area contributed by atoms with Gasteiger partial charge in [-0.25, -0.2) is 4.98 Å². The molecule has 3 aliphatic rings. The third-order valence-electron chi connectivity index (χ3n) is 11.3. The number of pyridine rings is 2. The zero-order chi connectivity index (χ0) is 36.8. The highest BCUT2D eigenvalue weighted by molar-refractivity contribution is 6.31. The van der Waals surface area contributed by atoms with Gasteiger partial charge in [0.2, 0.25) is 5.91 Å². The van der Waals surface area contributed by atoms with Crippen LogP contribution >= 0.6 is 23.2 Å². The Balaban J connectivity index is 1.12. The van der Waals surface area contributed by atoms with Crippen LogP contribution in [0.25, 0.3) is 0 Å². The SMILES string of the molecule is Cc1cn(Cc2cccc(NC(=O)C3CN(C4c5ccc(Cl)cc5CCc5cccnc54)CCN3C3c4ccc(Cl)cc4CCc4cccnc43)c2)cn1. The third-order valence-corrected chi connectivity index (χ3v) is 11.7. The van der Waals surface area contributed by atoms with E-state index in [0.717, 1.165) is 76.2 Å². The topological polar surface area (TPSA) is 79.2 Å². The van der Waals surface area contributed by atoms with Crippen LogP contribution in [0.5, 0.6) is 0 Å². The van der Waals surface area contributed by atoms with Crippen molar-refractivity contribution in [2.24, 2.45) is 0 Å². The first-order valence-corrected chi connectivity index (χ1v) is 19.5. The minimum absolute atomic E-state index is 0.0567. The molecule has 1 amide bonds. The van der Waals surface area contributed by atoms with Crippen molar-refractivity contribution in [3.8, 4) is 0 Å². The lowest BCUT2D eigenvalue weighted by atomic mass is 9.92. The molecular formula is C44H41Cl2N7O. The molecule has 8 nitrogen and oxygen atoms in total. The van der Waals surface area contributed by atoms with Gasteiger partial charge in [0.1, 0.15) is 6.04 Å². The highest BCUT2D eigenvalue weighted by Crippen LogP contribution is 2.42. The van der Waals surface area contributed by atoms with Gasteiger partial charge in [-0.05, 0) is 120 Å². The van der Waals surface area contributed by atoms with Crippen molar-refractivity contribution < 1.29 is 4.79 Å². The lowest BCUT2D eigenvalue weighted by Gasteiger charge is -2.47. The second kappa shape index (κ2) is 14.8. The van der Waals surface area contributed by atoms with Crippen LogP contribution in [0, 0.1) is 6.92 Å². The Morgan fingerprint density at radius 2 is 1.39 bits per heavy atom. The van der Waals surface area contributed by atoms with Gasteiger partial charge in [-0.15, -0.1) is 0 Å². The Morgan fingerprint density at radius 1 is 0.741 bits per heavy atom. The van der Waals surface area contributed by atoms with Gasteiger partial charge in [0, 0.05) is 60.5 Å². The van der Waals surface area contributed by atoms with Gasteiger partial charge in [-0.3, -0.25) is 24.6 Å². The fourth-order valence-electron chi connectivity index (χ4n) is 8.81. The zero-order valence-electron chi connectivity index (χ0n) is 30.1. The molecule has 0 saturated carbocycles. The van der Waals surface area contributed by atoms with Crippen LogP contribution in [0.15, 0.2) is 110 Å². The Bertz CT molecular complexity index is 2360. The van der Waals surface area contributed by atoms with E-state index in [-0.39, 0.29) is 18.0 Å². The maximum Gasteiger partial charge on any atom is 0.243 e. The maximum absolute atomic E-state index is 15.0. The number of aromatic nitrogens is 4. The Morgan fingerprint density at radius 3 is 2.06 bits per heavy atom. The highest BCUT2D eigenvalue weighted by Gasteiger charge is 2.43. The normalized spacial score (nSPS) is 19.8. The number of nitrogens with zero attached hydrogens (tertiary/aromatic N) is 6. The number of piperazine rings is 1. The van der Waals surface area contributed by atoms with Gasteiger partial charge in [-0.2, -0.15) is 0 Å². The summed E-state index contributed by atoms with van der Waals surface area (Å²) in [5.74, 6) is -0.0567. The Hall–Kier alpha value is -4.86. The molecule has 10 heteroatoms.